The van der Waals surface area contributed by atoms with Crippen molar-refractivity contribution in [3.8, 4) is 16.3 Å². The molecule has 0 saturated carbocycles. The molecular formula is C24H27N5O2S. The van der Waals surface area contributed by atoms with E-state index in [1.165, 1.54) is 16.0 Å². The molecule has 1 aliphatic heterocycles. The Bertz CT molecular complexity index is 1210. The van der Waals surface area contributed by atoms with Crippen molar-refractivity contribution in [1.29, 1.82) is 10.8 Å². The quantitative estimate of drug-likeness (QED) is 0.377. The average Bonchev–Trinajstić information content (AvgIpc) is 3.43. The minimum atomic E-state index is -0.0831. The standard InChI is InChI=1S/C24H27N5O2S/c1-15(2)9-11-27-24(30)21-7-6-20(32-21)18-4-8-22(25)29(28-18)23(26)14-16-3-5-19-17(13-16)10-12-31-19/h3-8,13,15,25-26H,9-12,14H2,1-2H3,(H,27,30). The fourth-order valence-corrected chi connectivity index (χ4v) is 4.43. The second-order valence-corrected chi connectivity index (χ2v) is 9.37. The Labute approximate surface area is 191 Å². The molecule has 166 valence electrons. The summed E-state index contributed by atoms with van der Waals surface area (Å²) in [6, 6.07) is 13.0. The van der Waals surface area contributed by atoms with Gasteiger partial charge in [-0.2, -0.15) is 5.10 Å². The van der Waals surface area contributed by atoms with Gasteiger partial charge >= 0.3 is 0 Å². The highest BCUT2D eigenvalue weighted by Gasteiger charge is 2.15. The topological polar surface area (TPSA) is 104 Å². The molecule has 4 rings (SSSR count). The number of fused-ring (bicyclic) bond motifs is 1. The number of ether oxygens (including phenoxy) is 1. The smallest absolute Gasteiger partial charge is 0.261 e. The molecule has 1 aliphatic rings. The molecule has 3 N–H and O–H groups in total. The second kappa shape index (κ2) is 9.48. The van der Waals surface area contributed by atoms with Gasteiger partial charge in [0.25, 0.3) is 5.91 Å². The van der Waals surface area contributed by atoms with Crippen LogP contribution < -0.4 is 15.5 Å². The highest BCUT2D eigenvalue weighted by molar-refractivity contribution is 7.17. The van der Waals surface area contributed by atoms with Crippen LogP contribution >= 0.6 is 11.3 Å². The lowest BCUT2D eigenvalue weighted by molar-refractivity contribution is 0.0956. The molecule has 0 unspecified atom stereocenters. The number of nitrogens with one attached hydrogen (secondary N) is 3. The number of aromatic nitrogens is 2. The molecule has 1 aromatic carbocycles. The third-order valence-electron chi connectivity index (χ3n) is 5.31. The summed E-state index contributed by atoms with van der Waals surface area (Å²) < 4.78 is 6.90. The monoisotopic (exact) mass is 449 g/mol. The Morgan fingerprint density at radius 2 is 2.09 bits per heavy atom. The van der Waals surface area contributed by atoms with Crippen molar-refractivity contribution in [2.45, 2.75) is 33.1 Å². The molecule has 3 aromatic rings. The van der Waals surface area contributed by atoms with Crippen LogP contribution in [0, 0.1) is 16.7 Å². The molecule has 2 aromatic heterocycles. The van der Waals surface area contributed by atoms with Crippen molar-refractivity contribution in [1.82, 2.24) is 15.1 Å². The second-order valence-electron chi connectivity index (χ2n) is 8.28. The summed E-state index contributed by atoms with van der Waals surface area (Å²) in [6.07, 6.45) is 2.19. The predicted molar refractivity (Wildman–Crippen MR) is 126 cm³/mol. The van der Waals surface area contributed by atoms with E-state index in [1.54, 1.807) is 18.2 Å². The van der Waals surface area contributed by atoms with Gasteiger partial charge in [-0.05, 0) is 53.8 Å². The lowest BCUT2D eigenvalue weighted by atomic mass is 10.1. The zero-order valence-electron chi connectivity index (χ0n) is 18.3. The van der Waals surface area contributed by atoms with E-state index in [0.29, 0.717) is 36.1 Å². The Morgan fingerprint density at radius 1 is 1.25 bits per heavy atom. The Hall–Kier alpha value is -3.26. The minimum absolute atomic E-state index is 0.0831. The number of hydrogen-bond donors (Lipinski definition) is 3. The molecule has 0 spiro atoms. The third-order valence-corrected chi connectivity index (χ3v) is 6.41. The van der Waals surface area contributed by atoms with Crippen LogP contribution in [0.1, 0.15) is 41.1 Å². The van der Waals surface area contributed by atoms with Crippen LogP contribution in [-0.2, 0) is 12.8 Å². The highest BCUT2D eigenvalue weighted by atomic mass is 32.1. The van der Waals surface area contributed by atoms with E-state index < -0.39 is 0 Å². The molecule has 7 nitrogen and oxygen atoms in total. The fraction of sp³-hybridized carbons (Fsp3) is 0.333. The molecular weight excluding hydrogens is 422 g/mol. The molecule has 3 heterocycles. The SMILES string of the molecule is CC(C)CCNC(=O)c1ccc(-c2ccc(=N)n(C(=N)Cc3ccc4c(c3)CCO4)n2)s1. The molecule has 0 bridgehead atoms. The van der Waals surface area contributed by atoms with Gasteiger partial charge in [0, 0.05) is 19.4 Å². The summed E-state index contributed by atoms with van der Waals surface area (Å²) in [4.78, 5) is 13.8. The lowest BCUT2D eigenvalue weighted by Gasteiger charge is -2.10. The number of benzene rings is 1. The number of nitrogens with zero attached hydrogens (tertiary/aromatic N) is 2. The number of carbonyl (C=O) groups is 1. The van der Waals surface area contributed by atoms with E-state index in [1.807, 2.05) is 18.2 Å². The van der Waals surface area contributed by atoms with Crippen LogP contribution in [0.5, 0.6) is 5.75 Å². The van der Waals surface area contributed by atoms with Crippen molar-refractivity contribution in [3.63, 3.8) is 0 Å². The number of amides is 1. The highest BCUT2D eigenvalue weighted by Crippen LogP contribution is 2.27. The fourth-order valence-electron chi connectivity index (χ4n) is 3.54. The Balaban J connectivity index is 1.49. The summed E-state index contributed by atoms with van der Waals surface area (Å²) >= 11 is 1.36. The number of rotatable bonds is 7. The maximum Gasteiger partial charge on any atom is 0.261 e. The number of carbonyl (C=O) groups excluding carboxylic acids is 1. The largest absolute Gasteiger partial charge is 0.493 e. The van der Waals surface area contributed by atoms with Crippen LogP contribution in [-0.4, -0.2) is 34.7 Å². The first-order chi connectivity index (χ1) is 15.4. The van der Waals surface area contributed by atoms with E-state index in [9.17, 15) is 4.79 Å². The van der Waals surface area contributed by atoms with Crippen LogP contribution in [0.15, 0.2) is 42.5 Å². The molecule has 0 atom stereocenters. The zero-order chi connectivity index (χ0) is 22.7. The van der Waals surface area contributed by atoms with Gasteiger partial charge in [-0.1, -0.05) is 26.0 Å². The van der Waals surface area contributed by atoms with Crippen LogP contribution in [0.3, 0.4) is 0 Å². The Morgan fingerprint density at radius 3 is 2.91 bits per heavy atom. The van der Waals surface area contributed by atoms with Crippen LogP contribution in [0.2, 0.25) is 0 Å². The molecule has 8 heteroatoms. The van der Waals surface area contributed by atoms with E-state index in [4.69, 9.17) is 15.6 Å². The van der Waals surface area contributed by atoms with E-state index in [-0.39, 0.29) is 17.2 Å². The maximum absolute atomic E-state index is 12.4. The predicted octanol–water partition coefficient (Wildman–Crippen LogP) is 3.87. The van der Waals surface area contributed by atoms with Gasteiger partial charge < -0.3 is 10.1 Å². The van der Waals surface area contributed by atoms with E-state index in [2.05, 4.69) is 30.3 Å². The number of thiophene rings is 1. The third kappa shape index (κ3) is 4.96. The number of hydrogen-bond acceptors (Lipinski definition) is 6. The van der Waals surface area contributed by atoms with Crippen molar-refractivity contribution in [2.75, 3.05) is 13.2 Å². The first-order valence-electron chi connectivity index (χ1n) is 10.8. The van der Waals surface area contributed by atoms with Crippen molar-refractivity contribution >= 4 is 23.1 Å². The zero-order valence-corrected chi connectivity index (χ0v) is 19.1. The minimum Gasteiger partial charge on any atom is -0.493 e. The van der Waals surface area contributed by atoms with Crippen molar-refractivity contribution < 1.29 is 9.53 Å². The molecule has 0 fully saturated rings. The lowest BCUT2D eigenvalue weighted by Crippen LogP contribution is -2.30. The summed E-state index contributed by atoms with van der Waals surface area (Å²) in [5.41, 5.74) is 2.94. The van der Waals surface area contributed by atoms with E-state index >= 15 is 0 Å². The summed E-state index contributed by atoms with van der Waals surface area (Å²) in [5.74, 6) is 1.59. The van der Waals surface area contributed by atoms with Crippen molar-refractivity contribution in [3.05, 3.63) is 64.0 Å². The molecule has 1 amide bonds. The van der Waals surface area contributed by atoms with Gasteiger partial charge in [0.05, 0.1) is 16.4 Å². The van der Waals surface area contributed by atoms with Crippen molar-refractivity contribution in [2.24, 2.45) is 5.92 Å². The van der Waals surface area contributed by atoms with E-state index in [0.717, 1.165) is 34.6 Å². The van der Waals surface area contributed by atoms with Gasteiger partial charge in [-0.3, -0.25) is 15.6 Å². The molecule has 32 heavy (non-hydrogen) atoms. The molecule has 0 aliphatic carbocycles. The summed E-state index contributed by atoms with van der Waals surface area (Å²) in [7, 11) is 0. The van der Waals surface area contributed by atoms with Crippen LogP contribution in [0.4, 0.5) is 0 Å². The van der Waals surface area contributed by atoms with Crippen LogP contribution in [0.25, 0.3) is 10.6 Å². The molecule has 0 radical (unpaired) electrons. The Kier molecular flexibility index (Phi) is 6.50. The first kappa shape index (κ1) is 22.0. The normalized spacial score (nSPS) is 12.5. The van der Waals surface area contributed by atoms with Gasteiger partial charge in [-0.15, -0.1) is 11.3 Å². The van der Waals surface area contributed by atoms with Gasteiger partial charge in [0.2, 0.25) is 0 Å². The maximum atomic E-state index is 12.4. The summed E-state index contributed by atoms with van der Waals surface area (Å²) in [6.45, 7) is 5.61. The van der Waals surface area contributed by atoms with Gasteiger partial charge in [0.15, 0.2) is 0 Å². The average molecular weight is 450 g/mol. The van der Waals surface area contributed by atoms with Gasteiger partial charge in [0.1, 0.15) is 22.8 Å². The summed E-state index contributed by atoms with van der Waals surface area (Å²) in [5, 5.41) is 24.2. The molecule has 0 saturated heterocycles. The van der Waals surface area contributed by atoms with Gasteiger partial charge in [-0.25, -0.2) is 4.68 Å². The first-order valence-corrected chi connectivity index (χ1v) is 11.6.